The van der Waals surface area contributed by atoms with E-state index >= 15 is 0 Å². The van der Waals surface area contributed by atoms with Crippen LogP contribution in [-0.4, -0.2) is 12.1 Å². The lowest BCUT2D eigenvalue weighted by Gasteiger charge is -2.18. The van der Waals surface area contributed by atoms with Crippen molar-refractivity contribution < 1.29 is 4.74 Å². The smallest absolute Gasteiger partial charge is 0.121 e. The first kappa shape index (κ1) is 14.9. The summed E-state index contributed by atoms with van der Waals surface area (Å²) in [5.41, 5.74) is 1.14. The molecule has 102 valence electrons. The Morgan fingerprint density at radius 2 is 1.89 bits per heavy atom. The summed E-state index contributed by atoms with van der Waals surface area (Å²) in [6, 6.07) is 8.74. The van der Waals surface area contributed by atoms with Crippen molar-refractivity contribution in [2.24, 2.45) is 5.92 Å². The summed E-state index contributed by atoms with van der Waals surface area (Å²) < 4.78 is 5.83. The molecule has 1 rings (SSSR count). The molecule has 0 saturated heterocycles. The van der Waals surface area contributed by atoms with E-state index < -0.39 is 0 Å². The van der Waals surface area contributed by atoms with Crippen LogP contribution in [0.3, 0.4) is 0 Å². The summed E-state index contributed by atoms with van der Waals surface area (Å²) in [6.45, 7) is 11.0. The Balaban J connectivity index is 2.58. The van der Waals surface area contributed by atoms with Gasteiger partial charge in [0.25, 0.3) is 0 Å². The first-order valence-corrected chi connectivity index (χ1v) is 7.04. The van der Waals surface area contributed by atoms with Gasteiger partial charge in [-0.05, 0) is 44.7 Å². The minimum Gasteiger partial charge on any atom is -0.491 e. The van der Waals surface area contributed by atoms with E-state index in [1.807, 2.05) is 12.1 Å². The maximum atomic E-state index is 5.83. The minimum atomic E-state index is 0.272. The average Bonchev–Trinajstić information content (AvgIpc) is 2.28. The highest BCUT2D eigenvalue weighted by atomic mass is 16.5. The molecule has 0 bridgehead atoms. The maximum absolute atomic E-state index is 5.83. The third-order valence-corrected chi connectivity index (χ3v) is 2.98. The largest absolute Gasteiger partial charge is 0.491 e. The quantitative estimate of drug-likeness (QED) is 0.755. The lowest BCUT2D eigenvalue weighted by Crippen LogP contribution is -2.17. The van der Waals surface area contributed by atoms with E-state index in [4.69, 9.17) is 4.74 Å². The topological polar surface area (TPSA) is 21.3 Å². The van der Waals surface area contributed by atoms with Crippen LogP contribution in [0.4, 0.5) is 5.69 Å². The second-order valence-corrected chi connectivity index (χ2v) is 5.54. The second kappa shape index (κ2) is 7.30. The van der Waals surface area contributed by atoms with Crippen molar-refractivity contribution in [1.29, 1.82) is 0 Å². The van der Waals surface area contributed by atoms with E-state index in [1.165, 1.54) is 6.42 Å². The van der Waals surface area contributed by atoms with Gasteiger partial charge in [0.1, 0.15) is 5.75 Å². The minimum absolute atomic E-state index is 0.272. The first-order valence-electron chi connectivity index (χ1n) is 7.04. The molecule has 0 saturated carbocycles. The van der Waals surface area contributed by atoms with Crippen molar-refractivity contribution in [3.8, 4) is 5.75 Å². The molecule has 1 aromatic rings. The first-order chi connectivity index (χ1) is 8.51. The molecular formula is C16H27NO. The fraction of sp³-hybridized carbons (Fsp3) is 0.625. The summed E-state index contributed by atoms with van der Waals surface area (Å²) in [5.74, 6) is 1.66. The van der Waals surface area contributed by atoms with Gasteiger partial charge >= 0.3 is 0 Å². The van der Waals surface area contributed by atoms with E-state index in [2.05, 4.69) is 52.1 Å². The van der Waals surface area contributed by atoms with Crippen LogP contribution in [0, 0.1) is 5.92 Å². The molecule has 0 aliphatic heterocycles. The fourth-order valence-electron chi connectivity index (χ4n) is 2.03. The molecule has 2 atom stereocenters. The average molecular weight is 249 g/mol. The van der Waals surface area contributed by atoms with Crippen LogP contribution < -0.4 is 10.1 Å². The van der Waals surface area contributed by atoms with Gasteiger partial charge in [0.2, 0.25) is 0 Å². The summed E-state index contributed by atoms with van der Waals surface area (Å²) in [6.07, 6.45) is 2.48. The zero-order chi connectivity index (χ0) is 13.5. The molecule has 0 aliphatic rings. The molecule has 2 unspecified atom stereocenters. The van der Waals surface area contributed by atoms with Gasteiger partial charge in [-0.25, -0.2) is 0 Å². The number of nitrogens with one attached hydrogen (secondary N) is 1. The summed E-state index contributed by atoms with van der Waals surface area (Å²) in [5, 5.41) is 3.52. The monoisotopic (exact) mass is 249 g/mol. The molecule has 0 aromatic heterocycles. The maximum Gasteiger partial charge on any atom is 0.121 e. The number of benzene rings is 1. The van der Waals surface area contributed by atoms with Crippen LogP contribution in [0.2, 0.25) is 0 Å². The standard InChI is InChI=1S/C16H27NO/c1-6-14(5)18-16-9-7-8-15(11-16)17-13(4)10-12(2)3/h7-9,11-14,17H,6,10H2,1-5H3. The lowest BCUT2D eigenvalue weighted by molar-refractivity contribution is 0.217. The number of hydrogen-bond donors (Lipinski definition) is 1. The molecule has 2 nitrogen and oxygen atoms in total. The molecule has 0 amide bonds. The number of anilines is 1. The molecule has 0 fully saturated rings. The predicted octanol–water partition coefficient (Wildman–Crippen LogP) is 4.71. The second-order valence-electron chi connectivity index (χ2n) is 5.54. The molecule has 0 heterocycles. The molecule has 0 spiro atoms. The normalized spacial score (nSPS) is 14.3. The Morgan fingerprint density at radius 3 is 2.50 bits per heavy atom. The summed E-state index contributed by atoms with van der Waals surface area (Å²) in [4.78, 5) is 0. The van der Waals surface area contributed by atoms with Crippen LogP contribution in [-0.2, 0) is 0 Å². The van der Waals surface area contributed by atoms with Gasteiger partial charge in [0.15, 0.2) is 0 Å². The molecule has 0 aliphatic carbocycles. The van der Waals surface area contributed by atoms with E-state index in [1.54, 1.807) is 0 Å². The van der Waals surface area contributed by atoms with Crippen molar-refractivity contribution in [1.82, 2.24) is 0 Å². The number of rotatable bonds is 7. The van der Waals surface area contributed by atoms with Crippen LogP contribution in [0.15, 0.2) is 24.3 Å². The van der Waals surface area contributed by atoms with Gasteiger partial charge in [-0.2, -0.15) is 0 Å². The molecule has 1 N–H and O–H groups in total. The van der Waals surface area contributed by atoms with Crippen molar-refractivity contribution in [3.05, 3.63) is 24.3 Å². The Morgan fingerprint density at radius 1 is 1.17 bits per heavy atom. The van der Waals surface area contributed by atoms with Gasteiger partial charge in [-0.1, -0.05) is 26.8 Å². The lowest BCUT2D eigenvalue weighted by atomic mass is 10.1. The number of hydrogen-bond acceptors (Lipinski definition) is 2. The fourth-order valence-corrected chi connectivity index (χ4v) is 2.03. The molecule has 0 radical (unpaired) electrons. The van der Waals surface area contributed by atoms with Gasteiger partial charge in [0, 0.05) is 17.8 Å². The van der Waals surface area contributed by atoms with Crippen molar-refractivity contribution >= 4 is 5.69 Å². The zero-order valence-electron chi connectivity index (χ0n) is 12.4. The third kappa shape index (κ3) is 5.44. The molecule has 1 aromatic carbocycles. The van der Waals surface area contributed by atoms with Gasteiger partial charge in [0.05, 0.1) is 6.10 Å². The SMILES string of the molecule is CCC(C)Oc1cccc(NC(C)CC(C)C)c1. The zero-order valence-corrected chi connectivity index (χ0v) is 12.4. The highest BCUT2D eigenvalue weighted by molar-refractivity contribution is 5.48. The third-order valence-electron chi connectivity index (χ3n) is 2.98. The van der Waals surface area contributed by atoms with Crippen LogP contribution in [0.1, 0.15) is 47.5 Å². The Labute approximate surface area is 112 Å². The Bertz CT molecular complexity index is 349. The highest BCUT2D eigenvalue weighted by Gasteiger charge is 2.06. The van der Waals surface area contributed by atoms with E-state index in [0.717, 1.165) is 17.9 Å². The van der Waals surface area contributed by atoms with Gasteiger partial charge in [-0.15, -0.1) is 0 Å². The predicted molar refractivity (Wildman–Crippen MR) is 79.4 cm³/mol. The highest BCUT2D eigenvalue weighted by Crippen LogP contribution is 2.20. The van der Waals surface area contributed by atoms with Crippen LogP contribution in [0.5, 0.6) is 5.75 Å². The molecular weight excluding hydrogens is 222 g/mol. The molecule has 2 heteroatoms. The van der Waals surface area contributed by atoms with Crippen LogP contribution in [0.25, 0.3) is 0 Å². The van der Waals surface area contributed by atoms with E-state index in [-0.39, 0.29) is 6.10 Å². The molecule has 18 heavy (non-hydrogen) atoms. The van der Waals surface area contributed by atoms with E-state index in [9.17, 15) is 0 Å². The van der Waals surface area contributed by atoms with Crippen LogP contribution >= 0.6 is 0 Å². The van der Waals surface area contributed by atoms with Crippen molar-refractivity contribution in [2.75, 3.05) is 5.32 Å². The number of ether oxygens (including phenoxy) is 1. The summed E-state index contributed by atoms with van der Waals surface area (Å²) >= 11 is 0. The van der Waals surface area contributed by atoms with Gasteiger partial charge in [-0.3, -0.25) is 0 Å². The van der Waals surface area contributed by atoms with Gasteiger partial charge < -0.3 is 10.1 Å². The van der Waals surface area contributed by atoms with Crippen molar-refractivity contribution in [3.63, 3.8) is 0 Å². The Kier molecular flexibility index (Phi) is 6.03. The summed E-state index contributed by atoms with van der Waals surface area (Å²) in [7, 11) is 0. The van der Waals surface area contributed by atoms with E-state index in [0.29, 0.717) is 12.0 Å². The Hall–Kier alpha value is -1.18. The van der Waals surface area contributed by atoms with Crippen molar-refractivity contribution in [2.45, 2.75) is 59.6 Å².